The second-order valence-corrected chi connectivity index (χ2v) is 3.80. The van der Waals surface area contributed by atoms with Crippen LogP contribution in [0, 0.1) is 5.92 Å². The van der Waals surface area contributed by atoms with Crippen molar-refractivity contribution in [2.75, 3.05) is 6.61 Å². The van der Waals surface area contributed by atoms with E-state index in [2.05, 4.69) is 30.8 Å². The lowest BCUT2D eigenvalue weighted by atomic mass is 9.99. The van der Waals surface area contributed by atoms with Crippen molar-refractivity contribution in [1.82, 2.24) is 0 Å². The van der Waals surface area contributed by atoms with E-state index in [-0.39, 0.29) is 0 Å². The van der Waals surface area contributed by atoms with Crippen LogP contribution in [0.3, 0.4) is 0 Å². The summed E-state index contributed by atoms with van der Waals surface area (Å²) >= 11 is 0. The average Bonchev–Trinajstić information content (AvgIpc) is 2.72. The molecule has 1 aliphatic heterocycles. The Hall–Kier alpha value is -1.08. The molecule has 0 saturated carbocycles. The Kier molecular flexibility index (Phi) is 1.39. The molecule has 1 nitrogen and oxygen atoms in total. The Bertz CT molecular complexity index is 367. The van der Waals surface area contributed by atoms with Gasteiger partial charge < -0.3 is 4.74 Å². The zero-order valence-electron chi connectivity index (χ0n) is 7.49. The van der Waals surface area contributed by atoms with Crippen molar-refractivity contribution < 1.29 is 4.74 Å². The predicted molar refractivity (Wildman–Crippen MR) is 52.3 cm³/mol. The Morgan fingerprint density at radius 1 is 1.31 bits per heavy atom. The van der Waals surface area contributed by atoms with E-state index in [0.717, 1.165) is 13.0 Å². The van der Waals surface area contributed by atoms with Gasteiger partial charge in [0.1, 0.15) is 0 Å². The summed E-state index contributed by atoms with van der Waals surface area (Å²) in [6.07, 6.45) is 1.45. The Labute approximate surface area is 78.0 Å². The van der Waals surface area contributed by atoms with Crippen LogP contribution in [-0.4, -0.2) is 6.61 Å². The lowest BCUT2D eigenvalue weighted by molar-refractivity contribution is 0.105. The minimum absolute atomic E-state index is 0.309. The maximum Gasteiger partial charge on any atom is 0.0900 e. The van der Waals surface area contributed by atoms with E-state index in [1.165, 1.54) is 16.7 Å². The lowest BCUT2D eigenvalue weighted by Crippen LogP contribution is -1.98. The molecule has 0 radical (unpaired) electrons. The van der Waals surface area contributed by atoms with Crippen LogP contribution in [0.2, 0.25) is 0 Å². The van der Waals surface area contributed by atoms with E-state index < -0.39 is 0 Å². The zero-order chi connectivity index (χ0) is 8.84. The smallest absolute Gasteiger partial charge is 0.0900 e. The SMILES string of the molecule is C=C1c2ccccc2[C@@H]2OCC[C@H]12. The highest BCUT2D eigenvalue weighted by Gasteiger charge is 2.39. The van der Waals surface area contributed by atoms with Crippen LogP contribution in [0.25, 0.3) is 5.57 Å². The number of benzene rings is 1. The molecule has 1 heterocycles. The van der Waals surface area contributed by atoms with Crippen molar-refractivity contribution in [3.63, 3.8) is 0 Å². The molecule has 0 aromatic heterocycles. The van der Waals surface area contributed by atoms with Crippen molar-refractivity contribution >= 4 is 5.57 Å². The molecule has 1 aromatic rings. The van der Waals surface area contributed by atoms with Crippen LogP contribution < -0.4 is 0 Å². The minimum Gasteiger partial charge on any atom is -0.373 e. The van der Waals surface area contributed by atoms with Gasteiger partial charge in [0.2, 0.25) is 0 Å². The van der Waals surface area contributed by atoms with Gasteiger partial charge in [0.15, 0.2) is 0 Å². The first-order valence-corrected chi connectivity index (χ1v) is 4.77. The molecule has 1 aliphatic carbocycles. The maximum absolute atomic E-state index is 5.71. The van der Waals surface area contributed by atoms with Gasteiger partial charge in [-0.2, -0.15) is 0 Å². The summed E-state index contributed by atoms with van der Waals surface area (Å²) in [5.41, 5.74) is 3.94. The van der Waals surface area contributed by atoms with Crippen LogP contribution in [-0.2, 0) is 4.74 Å². The summed E-state index contributed by atoms with van der Waals surface area (Å²) in [6.45, 7) is 5.05. The highest BCUT2D eigenvalue weighted by atomic mass is 16.5. The van der Waals surface area contributed by atoms with Crippen molar-refractivity contribution in [1.29, 1.82) is 0 Å². The molecular formula is C12H12O. The number of fused-ring (bicyclic) bond motifs is 3. The van der Waals surface area contributed by atoms with E-state index in [9.17, 15) is 0 Å². The molecule has 0 unspecified atom stereocenters. The van der Waals surface area contributed by atoms with Gasteiger partial charge in [-0.05, 0) is 23.1 Å². The fourth-order valence-corrected chi connectivity index (χ4v) is 2.49. The number of rotatable bonds is 0. The van der Waals surface area contributed by atoms with E-state index in [1.54, 1.807) is 0 Å². The van der Waals surface area contributed by atoms with Crippen molar-refractivity contribution in [3.05, 3.63) is 42.0 Å². The molecule has 13 heavy (non-hydrogen) atoms. The summed E-state index contributed by atoms with van der Waals surface area (Å²) in [5.74, 6) is 0.553. The second-order valence-electron chi connectivity index (χ2n) is 3.80. The second kappa shape index (κ2) is 2.46. The molecule has 0 spiro atoms. The fourth-order valence-electron chi connectivity index (χ4n) is 2.49. The quantitative estimate of drug-likeness (QED) is 0.584. The molecule has 1 fully saturated rings. The van der Waals surface area contributed by atoms with Gasteiger partial charge in [0.25, 0.3) is 0 Å². The van der Waals surface area contributed by atoms with Gasteiger partial charge in [-0.25, -0.2) is 0 Å². The monoisotopic (exact) mass is 172 g/mol. The molecule has 1 heteroatoms. The van der Waals surface area contributed by atoms with Crippen LogP contribution >= 0.6 is 0 Å². The first-order chi connectivity index (χ1) is 6.38. The third-order valence-electron chi connectivity index (χ3n) is 3.15. The molecule has 2 atom stereocenters. The summed E-state index contributed by atoms with van der Waals surface area (Å²) < 4.78 is 5.71. The Balaban J connectivity index is 2.19. The number of ether oxygens (including phenoxy) is 1. The third kappa shape index (κ3) is 0.853. The number of hydrogen-bond donors (Lipinski definition) is 0. The first-order valence-electron chi connectivity index (χ1n) is 4.77. The van der Waals surface area contributed by atoms with E-state index in [0.29, 0.717) is 12.0 Å². The fraction of sp³-hybridized carbons (Fsp3) is 0.333. The van der Waals surface area contributed by atoms with Crippen LogP contribution in [0.4, 0.5) is 0 Å². The minimum atomic E-state index is 0.309. The van der Waals surface area contributed by atoms with Crippen molar-refractivity contribution in [2.45, 2.75) is 12.5 Å². The standard InChI is InChI=1S/C12H12O/c1-8-9-4-2-3-5-11(9)12-10(8)6-7-13-12/h2-5,10,12H,1,6-7H2/t10-,12-/m1/s1. The topological polar surface area (TPSA) is 9.23 Å². The largest absolute Gasteiger partial charge is 0.373 e. The van der Waals surface area contributed by atoms with Crippen LogP contribution in [0.15, 0.2) is 30.8 Å². The van der Waals surface area contributed by atoms with E-state index in [4.69, 9.17) is 4.74 Å². The molecule has 3 rings (SSSR count). The van der Waals surface area contributed by atoms with E-state index in [1.807, 2.05) is 0 Å². The maximum atomic E-state index is 5.71. The summed E-state index contributed by atoms with van der Waals surface area (Å²) in [5, 5.41) is 0. The molecule has 1 aromatic carbocycles. The third-order valence-corrected chi connectivity index (χ3v) is 3.15. The van der Waals surface area contributed by atoms with Crippen molar-refractivity contribution in [2.24, 2.45) is 5.92 Å². The summed E-state index contributed by atoms with van der Waals surface area (Å²) in [4.78, 5) is 0. The summed E-state index contributed by atoms with van der Waals surface area (Å²) in [7, 11) is 0. The Morgan fingerprint density at radius 2 is 2.15 bits per heavy atom. The lowest BCUT2D eigenvalue weighted by Gasteiger charge is -2.08. The van der Waals surface area contributed by atoms with Crippen LogP contribution in [0.5, 0.6) is 0 Å². The molecule has 2 aliphatic rings. The molecular weight excluding hydrogens is 160 g/mol. The van der Waals surface area contributed by atoms with Crippen molar-refractivity contribution in [3.8, 4) is 0 Å². The highest BCUT2D eigenvalue weighted by Crippen LogP contribution is 2.50. The van der Waals surface area contributed by atoms with Gasteiger partial charge in [-0.3, -0.25) is 0 Å². The van der Waals surface area contributed by atoms with Gasteiger partial charge >= 0.3 is 0 Å². The normalized spacial score (nSPS) is 30.3. The zero-order valence-corrected chi connectivity index (χ0v) is 7.49. The highest BCUT2D eigenvalue weighted by molar-refractivity contribution is 5.74. The van der Waals surface area contributed by atoms with Gasteiger partial charge in [0.05, 0.1) is 6.10 Å². The van der Waals surface area contributed by atoms with E-state index >= 15 is 0 Å². The van der Waals surface area contributed by atoms with Gasteiger partial charge in [-0.1, -0.05) is 30.8 Å². The Morgan fingerprint density at radius 3 is 3.08 bits per heavy atom. The summed E-state index contributed by atoms with van der Waals surface area (Å²) in [6, 6.07) is 8.47. The molecule has 0 N–H and O–H groups in total. The number of hydrogen-bond acceptors (Lipinski definition) is 1. The molecule has 0 amide bonds. The molecule has 1 saturated heterocycles. The van der Waals surface area contributed by atoms with Gasteiger partial charge in [-0.15, -0.1) is 0 Å². The van der Waals surface area contributed by atoms with Gasteiger partial charge in [0, 0.05) is 12.5 Å². The molecule has 66 valence electrons. The first kappa shape index (κ1) is 7.34. The predicted octanol–water partition coefficient (Wildman–Crippen LogP) is 2.79. The molecule has 0 bridgehead atoms. The average molecular weight is 172 g/mol. The van der Waals surface area contributed by atoms with Crippen LogP contribution in [0.1, 0.15) is 23.7 Å².